The van der Waals surface area contributed by atoms with E-state index < -0.39 is 15.6 Å². The highest BCUT2D eigenvalue weighted by Gasteiger charge is 2.48. The Balaban J connectivity index is 2.27. The minimum absolute atomic E-state index is 0.334. The van der Waals surface area contributed by atoms with Crippen LogP contribution in [0.1, 0.15) is 0 Å². The first-order valence-corrected chi connectivity index (χ1v) is 8.82. The number of hydrogen-bond acceptors (Lipinski definition) is 4. The molecule has 0 aliphatic heterocycles. The molecule has 0 saturated heterocycles. The van der Waals surface area contributed by atoms with E-state index in [0.717, 1.165) is 9.17 Å². The molecule has 0 atom stereocenters. The van der Waals surface area contributed by atoms with Crippen LogP contribution in [0.2, 0.25) is 0 Å². The van der Waals surface area contributed by atoms with Crippen LogP contribution < -0.4 is 4.18 Å². The zero-order valence-electron chi connectivity index (χ0n) is 10.5. The van der Waals surface area contributed by atoms with Crippen LogP contribution in [0.3, 0.4) is 0 Å². The lowest BCUT2D eigenvalue weighted by Crippen LogP contribution is -2.28. The fourth-order valence-corrected chi connectivity index (χ4v) is 3.94. The summed E-state index contributed by atoms with van der Waals surface area (Å²) in [6.45, 7) is 0. The highest BCUT2D eigenvalue weighted by molar-refractivity contribution is 9.10. The van der Waals surface area contributed by atoms with Crippen LogP contribution in [0.5, 0.6) is 5.75 Å². The number of thiophene rings is 1. The van der Waals surface area contributed by atoms with Gasteiger partial charge in [-0.1, -0.05) is 22.0 Å². The van der Waals surface area contributed by atoms with Crippen molar-refractivity contribution in [2.24, 2.45) is 0 Å². The summed E-state index contributed by atoms with van der Waals surface area (Å²) in [4.78, 5) is 0. The lowest BCUT2D eigenvalue weighted by Gasteiger charge is -2.10. The van der Waals surface area contributed by atoms with Crippen molar-refractivity contribution in [1.82, 2.24) is 0 Å². The summed E-state index contributed by atoms with van der Waals surface area (Å²) in [5.41, 5.74) is -5.47. The van der Waals surface area contributed by atoms with Gasteiger partial charge in [0.05, 0.1) is 0 Å². The van der Waals surface area contributed by atoms with Crippen molar-refractivity contribution < 1.29 is 25.8 Å². The molecule has 1 heterocycles. The highest BCUT2D eigenvalue weighted by atomic mass is 79.9. The van der Waals surface area contributed by atoms with Crippen LogP contribution in [0.4, 0.5) is 13.2 Å². The minimum Gasteiger partial charge on any atom is -0.375 e. The molecule has 9 heteroatoms. The Bertz CT molecular complexity index is 977. The average molecular weight is 411 g/mol. The first-order chi connectivity index (χ1) is 10.2. The predicted octanol–water partition coefficient (Wildman–Crippen LogP) is 5.05. The Labute approximate surface area is 135 Å². The molecule has 0 bridgehead atoms. The molecule has 0 aliphatic carbocycles. The first kappa shape index (κ1) is 15.6. The second-order valence-corrected chi connectivity index (χ2v) is 7.89. The Kier molecular flexibility index (Phi) is 3.61. The van der Waals surface area contributed by atoms with Gasteiger partial charge >= 0.3 is 15.6 Å². The van der Waals surface area contributed by atoms with Gasteiger partial charge in [0, 0.05) is 24.6 Å². The van der Waals surface area contributed by atoms with Crippen LogP contribution in [0.15, 0.2) is 40.9 Å². The number of benzene rings is 2. The van der Waals surface area contributed by atoms with Gasteiger partial charge in [0.1, 0.15) is 0 Å². The van der Waals surface area contributed by atoms with E-state index in [0.29, 0.717) is 15.5 Å². The lowest BCUT2D eigenvalue weighted by atomic mass is 10.1. The molecule has 3 aromatic rings. The van der Waals surface area contributed by atoms with E-state index in [1.807, 2.05) is 0 Å². The van der Waals surface area contributed by atoms with Gasteiger partial charge < -0.3 is 4.18 Å². The van der Waals surface area contributed by atoms with Crippen LogP contribution in [-0.4, -0.2) is 13.9 Å². The quantitative estimate of drug-likeness (QED) is 0.438. The maximum absolute atomic E-state index is 12.5. The molecule has 0 fully saturated rings. The third-order valence-electron chi connectivity index (χ3n) is 2.90. The van der Waals surface area contributed by atoms with Crippen molar-refractivity contribution in [2.75, 3.05) is 0 Å². The maximum Gasteiger partial charge on any atom is 0.534 e. The Hall–Kier alpha value is -1.32. The van der Waals surface area contributed by atoms with Gasteiger partial charge in [-0.15, -0.1) is 11.3 Å². The largest absolute Gasteiger partial charge is 0.534 e. The number of alkyl halides is 3. The van der Waals surface area contributed by atoms with E-state index in [4.69, 9.17) is 0 Å². The summed E-state index contributed by atoms with van der Waals surface area (Å²) in [5, 5.41) is 0.971. The zero-order chi connectivity index (χ0) is 16.1. The number of fused-ring (bicyclic) bond motifs is 3. The molecule has 0 aliphatic rings. The highest BCUT2D eigenvalue weighted by Crippen LogP contribution is 2.41. The van der Waals surface area contributed by atoms with Crippen LogP contribution >= 0.6 is 27.3 Å². The normalized spacial score (nSPS) is 12.9. The summed E-state index contributed by atoms with van der Waals surface area (Å²) in [7, 11) is -5.71. The second kappa shape index (κ2) is 5.10. The van der Waals surface area contributed by atoms with Gasteiger partial charge in [0.2, 0.25) is 0 Å². The van der Waals surface area contributed by atoms with Crippen molar-refractivity contribution in [3.8, 4) is 5.75 Å². The lowest BCUT2D eigenvalue weighted by molar-refractivity contribution is -0.0499. The number of rotatable bonds is 2. The fourth-order valence-electron chi connectivity index (χ4n) is 2.00. The van der Waals surface area contributed by atoms with Gasteiger partial charge in [-0.3, -0.25) is 0 Å². The summed E-state index contributed by atoms with van der Waals surface area (Å²) in [6, 6.07) is 9.66. The Morgan fingerprint density at radius 1 is 1.09 bits per heavy atom. The SMILES string of the molecule is O=S(=O)(Oc1cccc2sc3ccc(Br)cc3c12)C(F)(F)F. The molecular weight excluding hydrogens is 405 g/mol. The van der Waals surface area contributed by atoms with Gasteiger partial charge in [-0.05, 0) is 30.3 Å². The van der Waals surface area contributed by atoms with Crippen molar-refractivity contribution in [2.45, 2.75) is 5.51 Å². The van der Waals surface area contributed by atoms with Crippen LogP contribution in [0.25, 0.3) is 20.2 Å². The smallest absolute Gasteiger partial charge is 0.375 e. The fraction of sp³-hybridized carbons (Fsp3) is 0.0769. The maximum atomic E-state index is 12.5. The molecule has 1 aromatic heterocycles. The molecule has 0 saturated carbocycles. The third kappa shape index (κ3) is 2.57. The van der Waals surface area contributed by atoms with Gasteiger partial charge in [0.25, 0.3) is 0 Å². The zero-order valence-corrected chi connectivity index (χ0v) is 13.7. The Morgan fingerprint density at radius 2 is 1.82 bits per heavy atom. The van der Waals surface area contributed by atoms with E-state index in [1.54, 1.807) is 24.3 Å². The molecule has 0 unspecified atom stereocenters. The molecule has 0 spiro atoms. The molecule has 0 N–H and O–H groups in total. The van der Waals surface area contributed by atoms with Gasteiger partial charge in [-0.2, -0.15) is 21.6 Å². The van der Waals surface area contributed by atoms with Crippen molar-refractivity contribution in [1.29, 1.82) is 0 Å². The topological polar surface area (TPSA) is 43.4 Å². The summed E-state index contributed by atoms with van der Waals surface area (Å²) in [5.74, 6) is -0.334. The standard InChI is InChI=1S/C13H6BrF3O3S2/c14-7-4-5-10-8(6-7)12-9(2-1-3-11(12)21-10)20-22(18,19)13(15,16)17/h1-6H. The first-order valence-electron chi connectivity index (χ1n) is 5.80. The average Bonchev–Trinajstić information content (AvgIpc) is 2.75. The molecular formula is C13H6BrF3O3S2. The van der Waals surface area contributed by atoms with E-state index in [1.165, 1.54) is 23.5 Å². The molecule has 22 heavy (non-hydrogen) atoms. The van der Waals surface area contributed by atoms with Gasteiger partial charge in [-0.25, -0.2) is 0 Å². The predicted molar refractivity (Wildman–Crippen MR) is 82.6 cm³/mol. The summed E-state index contributed by atoms with van der Waals surface area (Å²) < 4.78 is 66.5. The molecule has 3 nitrogen and oxygen atoms in total. The molecule has 3 rings (SSSR count). The number of hydrogen-bond donors (Lipinski definition) is 0. The molecule has 2 aromatic carbocycles. The molecule has 0 amide bonds. The number of halogens is 4. The minimum atomic E-state index is -5.71. The third-order valence-corrected chi connectivity index (χ3v) is 5.50. The monoisotopic (exact) mass is 410 g/mol. The van der Waals surface area contributed by atoms with E-state index in [9.17, 15) is 21.6 Å². The van der Waals surface area contributed by atoms with Crippen molar-refractivity contribution >= 4 is 57.6 Å². The molecule has 116 valence electrons. The summed E-state index contributed by atoms with van der Waals surface area (Å²) >= 11 is 4.63. The van der Waals surface area contributed by atoms with E-state index >= 15 is 0 Å². The van der Waals surface area contributed by atoms with Crippen LogP contribution in [0, 0.1) is 0 Å². The van der Waals surface area contributed by atoms with Crippen LogP contribution in [-0.2, 0) is 10.1 Å². The summed E-state index contributed by atoms with van der Waals surface area (Å²) in [6.07, 6.45) is 0. The van der Waals surface area contributed by atoms with Crippen molar-refractivity contribution in [3.63, 3.8) is 0 Å². The molecule has 0 radical (unpaired) electrons. The van der Waals surface area contributed by atoms with E-state index in [2.05, 4.69) is 20.1 Å². The second-order valence-electron chi connectivity index (χ2n) is 4.36. The van der Waals surface area contributed by atoms with Crippen molar-refractivity contribution in [3.05, 3.63) is 40.9 Å². The van der Waals surface area contributed by atoms with E-state index in [-0.39, 0.29) is 5.75 Å². The van der Waals surface area contributed by atoms with Gasteiger partial charge in [0.15, 0.2) is 5.75 Å². The Morgan fingerprint density at radius 3 is 2.50 bits per heavy atom.